The van der Waals surface area contributed by atoms with Crippen molar-refractivity contribution in [2.24, 2.45) is 0 Å². The van der Waals surface area contributed by atoms with Gasteiger partial charge in [-0.2, -0.15) is 0 Å². The molecule has 0 aliphatic carbocycles. The van der Waals surface area contributed by atoms with Crippen LogP contribution in [-0.2, 0) is 0 Å². The van der Waals surface area contributed by atoms with E-state index in [1.54, 1.807) is 0 Å². The average molecular weight is 197 g/mol. The molecule has 2 aliphatic heterocycles. The lowest BCUT2D eigenvalue weighted by atomic mass is 10.1. The Morgan fingerprint density at radius 3 is 2.57 bits per heavy atom. The third-order valence-corrected chi connectivity index (χ3v) is 3.64. The Kier molecular flexibility index (Phi) is 3.79. The van der Waals surface area contributed by atoms with Crippen molar-refractivity contribution in [3.8, 4) is 0 Å². The molecular weight excluding hydrogens is 174 g/mol. The SMILES string of the molecule is CCN1CCN([C@H]2CCCNC2)CC1. The zero-order valence-corrected chi connectivity index (χ0v) is 9.34. The summed E-state index contributed by atoms with van der Waals surface area (Å²) in [5, 5.41) is 3.50. The molecule has 2 heterocycles. The Morgan fingerprint density at radius 1 is 1.21 bits per heavy atom. The molecule has 0 spiro atoms. The molecule has 2 fully saturated rings. The number of likely N-dealkylation sites (N-methyl/N-ethyl adjacent to an activating group) is 1. The molecule has 0 aromatic heterocycles. The Bertz CT molecular complexity index is 158. The number of hydrogen-bond donors (Lipinski definition) is 1. The molecule has 0 amide bonds. The molecule has 2 rings (SSSR count). The van der Waals surface area contributed by atoms with E-state index in [9.17, 15) is 0 Å². The minimum absolute atomic E-state index is 0.822. The second kappa shape index (κ2) is 5.10. The highest BCUT2D eigenvalue weighted by Crippen LogP contribution is 2.12. The standard InChI is InChI=1S/C11H23N3/c1-2-13-6-8-14(9-7-13)11-4-3-5-12-10-11/h11-12H,2-10H2,1H3/t11-/m0/s1. The Balaban J connectivity index is 1.76. The lowest BCUT2D eigenvalue weighted by Crippen LogP contribution is -2.54. The van der Waals surface area contributed by atoms with Gasteiger partial charge in [0.25, 0.3) is 0 Å². The predicted octanol–water partition coefficient (Wildman–Crippen LogP) is 0.376. The van der Waals surface area contributed by atoms with Crippen LogP contribution in [0.2, 0.25) is 0 Å². The Morgan fingerprint density at radius 2 is 2.00 bits per heavy atom. The molecule has 82 valence electrons. The summed E-state index contributed by atoms with van der Waals surface area (Å²) in [6, 6.07) is 0.822. The molecule has 2 saturated heterocycles. The molecule has 1 atom stereocenters. The van der Waals surface area contributed by atoms with Crippen LogP contribution in [-0.4, -0.2) is 61.7 Å². The zero-order valence-electron chi connectivity index (χ0n) is 9.34. The van der Waals surface area contributed by atoms with Gasteiger partial charge in [-0.3, -0.25) is 4.90 Å². The molecule has 0 aromatic carbocycles. The van der Waals surface area contributed by atoms with Gasteiger partial charge in [-0.15, -0.1) is 0 Å². The van der Waals surface area contributed by atoms with Gasteiger partial charge < -0.3 is 10.2 Å². The Hall–Kier alpha value is -0.120. The molecule has 3 nitrogen and oxygen atoms in total. The van der Waals surface area contributed by atoms with Gasteiger partial charge in [-0.05, 0) is 25.9 Å². The minimum Gasteiger partial charge on any atom is -0.315 e. The van der Waals surface area contributed by atoms with Crippen LogP contribution in [0.25, 0.3) is 0 Å². The van der Waals surface area contributed by atoms with E-state index in [4.69, 9.17) is 0 Å². The lowest BCUT2D eigenvalue weighted by molar-refractivity contribution is 0.0873. The van der Waals surface area contributed by atoms with Crippen LogP contribution >= 0.6 is 0 Å². The summed E-state index contributed by atoms with van der Waals surface area (Å²) in [6.07, 6.45) is 2.76. The summed E-state index contributed by atoms with van der Waals surface area (Å²) in [6.45, 7) is 11.0. The summed E-state index contributed by atoms with van der Waals surface area (Å²) < 4.78 is 0. The second-order valence-corrected chi connectivity index (χ2v) is 4.47. The minimum atomic E-state index is 0.822. The molecule has 3 heteroatoms. The first-order chi connectivity index (χ1) is 6.90. The van der Waals surface area contributed by atoms with E-state index in [0.717, 1.165) is 6.04 Å². The maximum atomic E-state index is 3.50. The maximum absolute atomic E-state index is 3.50. The van der Waals surface area contributed by atoms with Gasteiger partial charge in [0.1, 0.15) is 0 Å². The van der Waals surface area contributed by atoms with E-state index in [1.807, 2.05) is 0 Å². The van der Waals surface area contributed by atoms with Gasteiger partial charge in [0.05, 0.1) is 0 Å². The van der Waals surface area contributed by atoms with E-state index in [1.165, 1.54) is 58.7 Å². The average Bonchev–Trinajstić information content (AvgIpc) is 2.30. The topological polar surface area (TPSA) is 18.5 Å². The molecule has 0 unspecified atom stereocenters. The number of piperidine rings is 1. The molecule has 0 radical (unpaired) electrons. The van der Waals surface area contributed by atoms with Crippen molar-refractivity contribution in [3.63, 3.8) is 0 Å². The van der Waals surface area contributed by atoms with Crippen LogP contribution < -0.4 is 5.32 Å². The van der Waals surface area contributed by atoms with Crippen LogP contribution in [0.5, 0.6) is 0 Å². The highest BCUT2D eigenvalue weighted by molar-refractivity contribution is 4.82. The van der Waals surface area contributed by atoms with Crippen molar-refractivity contribution < 1.29 is 0 Å². The third-order valence-electron chi connectivity index (χ3n) is 3.64. The highest BCUT2D eigenvalue weighted by Gasteiger charge is 2.23. The molecule has 2 aliphatic rings. The van der Waals surface area contributed by atoms with Crippen molar-refractivity contribution in [2.45, 2.75) is 25.8 Å². The van der Waals surface area contributed by atoms with Crippen molar-refractivity contribution >= 4 is 0 Å². The summed E-state index contributed by atoms with van der Waals surface area (Å²) >= 11 is 0. The normalized spacial score (nSPS) is 31.9. The fourth-order valence-corrected chi connectivity index (χ4v) is 2.59. The summed E-state index contributed by atoms with van der Waals surface area (Å²) in [5.41, 5.74) is 0. The fraction of sp³-hybridized carbons (Fsp3) is 1.00. The van der Waals surface area contributed by atoms with E-state index >= 15 is 0 Å². The van der Waals surface area contributed by atoms with E-state index < -0.39 is 0 Å². The number of rotatable bonds is 2. The van der Waals surface area contributed by atoms with Gasteiger partial charge in [0.15, 0.2) is 0 Å². The zero-order chi connectivity index (χ0) is 9.80. The van der Waals surface area contributed by atoms with E-state index in [0.29, 0.717) is 0 Å². The lowest BCUT2D eigenvalue weighted by Gasteiger charge is -2.40. The molecule has 0 bridgehead atoms. The maximum Gasteiger partial charge on any atom is 0.0222 e. The summed E-state index contributed by atoms with van der Waals surface area (Å²) in [7, 11) is 0. The first kappa shape index (κ1) is 10.4. The number of hydrogen-bond acceptors (Lipinski definition) is 3. The molecule has 14 heavy (non-hydrogen) atoms. The van der Waals surface area contributed by atoms with Crippen molar-refractivity contribution in [1.82, 2.24) is 15.1 Å². The van der Waals surface area contributed by atoms with Gasteiger partial charge in [0, 0.05) is 38.8 Å². The highest BCUT2D eigenvalue weighted by atomic mass is 15.3. The van der Waals surface area contributed by atoms with Crippen LogP contribution in [0.3, 0.4) is 0 Å². The largest absolute Gasteiger partial charge is 0.315 e. The van der Waals surface area contributed by atoms with Gasteiger partial charge >= 0.3 is 0 Å². The first-order valence-electron chi connectivity index (χ1n) is 6.07. The second-order valence-electron chi connectivity index (χ2n) is 4.47. The van der Waals surface area contributed by atoms with E-state index in [2.05, 4.69) is 22.0 Å². The monoisotopic (exact) mass is 197 g/mol. The molecule has 0 saturated carbocycles. The van der Waals surface area contributed by atoms with Crippen LogP contribution in [0, 0.1) is 0 Å². The third kappa shape index (κ3) is 2.47. The quantitative estimate of drug-likeness (QED) is 0.690. The van der Waals surface area contributed by atoms with Crippen molar-refractivity contribution in [2.75, 3.05) is 45.8 Å². The van der Waals surface area contributed by atoms with Crippen LogP contribution in [0.1, 0.15) is 19.8 Å². The molecule has 1 N–H and O–H groups in total. The fourth-order valence-electron chi connectivity index (χ4n) is 2.59. The van der Waals surface area contributed by atoms with E-state index in [-0.39, 0.29) is 0 Å². The van der Waals surface area contributed by atoms with Gasteiger partial charge in [0.2, 0.25) is 0 Å². The van der Waals surface area contributed by atoms with Crippen LogP contribution in [0.4, 0.5) is 0 Å². The number of piperazine rings is 1. The Labute approximate surface area is 87.4 Å². The smallest absolute Gasteiger partial charge is 0.0222 e. The van der Waals surface area contributed by atoms with Gasteiger partial charge in [-0.1, -0.05) is 6.92 Å². The summed E-state index contributed by atoms with van der Waals surface area (Å²) in [4.78, 5) is 5.23. The van der Waals surface area contributed by atoms with Crippen molar-refractivity contribution in [1.29, 1.82) is 0 Å². The summed E-state index contributed by atoms with van der Waals surface area (Å²) in [5.74, 6) is 0. The predicted molar refractivity (Wildman–Crippen MR) is 59.6 cm³/mol. The van der Waals surface area contributed by atoms with Crippen LogP contribution in [0.15, 0.2) is 0 Å². The molecular formula is C11H23N3. The van der Waals surface area contributed by atoms with Gasteiger partial charge in [-0.25, -0.2) is 0 Å². The number of nitrogens with zero attached hydrogens (tertiary/aromatic N) is 2. The van der Waals surface area contributed by atoms with Crippen molar-refractivity contribution in [3.05, 3.63) is 0 Å². The number of nitrogens with one attached hydrogen (secondary N) is 1. The first-order valence-corrected chi connectivity index (χ1v) is 6.07. The molecule has 0 aromatic rings.